The Hall–Kier alpha value is -4.12. The third-order valence-corrected chi connectivity index (χ3v) is 7.18. The molecule has 0 bridgehead atoms. The molecule has 0 unspecified atom stereocenters. The average Bonchev–Trinajstić information content (AvgIpc) is 3.56. The van der Waals surface area contributed by atoms with Crippen LogP contribution in [0.2, 0.25) is 0 Å². The zero-order valence-electron chi connectivity index (χ0n) is 20.9. The number of benzene rings is 2. The van der Waals surface area contributed by atoms with E-state index in [1.54, 1.807) is 37.3 Å². The molecule has 0 spiro atoms. The van der Waals surface area contributed by atoms with Crippen molar-refractivity contribution in [2.75, 3.05) is 26.2 Å². The highest BCUT2D eigenvalue weighted by atomic mass is 32.1. The highest BCUT2D eigenvalue weighted by molar-refractivity contribution is 7.15. The Morgan fingerprint density at radius 3 is 2.38 bits per heavy atom. The molecule has 3 aromatic rings. The van der Waals surface area contributed by atoms with E-state index in [0.717, 1.165) is 11.3 Å². The number of ether oxygens (including phenoxy) is 4. The summed E-state index contributed by atoms with van der Waals surface area (Å²) >= 11 is 1.17. The van der Waals surface area contributed by atoms with Crippen LogP contribution in [0.25, 0.3) is 5.76 Å². The van der Waals surface area contributed by atoms with Gasteiger partial charge in [0.15, 0.2) is 11.5 Å². The van der Waals surface area contributed by atoms with E-state index >= 15 is 0 Å². The second kappa shape index (κ2) is 9.40. The number of nitrogens with zero attached hydrogens (tertiary/aromatic N) is 3. The van der Waals surface area contributed by atoms with Gasteiger partial charge in [-0.1, -0.05) is 11.3 Å². The third-order valence-electron chi connectivity index (χ3n) is 6.34. The van der Waals surface area contributed by atoms with Gasteiger partial charge in [0.05, 0.1) is 32.9 Å². The van der Waals surface area contributed by atoms with Crippen LogP contribution >= 0.6 is 11.3 Å². The van der Waals surface area contributed by atoms with E-state index < -0.39 is 17.7 Å². The van der Waals surface area contributed by atoms with Crippen LogP contribution in [0.15, 0.2) is 35.9 Å². The monoisotopic (exact) mass is 523 g/mol. The molecule has 2 aliphatic rings. The lowest BCUT2D eigenvalue weighted by Gasteiger charge is -2.24. The summed E-state index contributed by atoms with van der Waals surface area (Å²) in [6, 6.07) is 7.47. The number of rotatable bonds is 6. The van der Waals surface area contributed by atoms with E-state index in [9.17, 15) is 14.7 Å². The van der Waals surface area contributed by atoms with Crippen LogP contribution < -0.4 is 23.8 Å². The van der Waals surface area contributed by atoms with Gasteiger partial charge in [-0.05, 0) is 55.3 Å². The van der Waals surface area contributed by atoms with Gasteiger partial charge in [0, 0.05) is 12.0 Å². The predicted octanol–water partition coefficient (Wildman–Crippen LogP) is 3.82. The minimum Gasteiger partial charge on any atom is -0.507 e. The topological polar surface area (TPSA) is 120 Å². The van der Waals surface area contributed by atoms with Crippen LogP contribution in [0.5, 0.6) is 23.0 Å². The van der Waals surface area contributed by atoms with Crippen molar-refractivity contribution in [2.24, 2.45) is 0 Å². The van der Waals surface area contributed by atoms with Crippen molar-refractivity contribution in [1.82, 2.24) is 10.2 Å². The molecule has 2 atom stereocenters. The number of aryl methyl sites for hydroxylation is 1. The van der Waals surface area contributed by atoms with Gasteiger partial charge in [-0.15, -0.1) is 10.2 Å². The zero-order chi connectivity index (χ0) is 26.4. The first-order valence-electron chi connectivity index (χ1n) is 11.5. The SMILES string of the molecule is COc1cc([C@@H]2/C(=C(\O)c3ccc4c(c3)C[C@@H](C)O4)C(=O)C(=O)N2c2nnc(C)s2)cc(OC)c1OC. The molecule has 2 aromatic carbocycles. The average molecular weight is 524 g/mol. The van der Waals surface area contributed by atoms with E-state index in [0.29, 0.717) is 39.8 Å². The van der Waals surface area contributed by atoms with Crippen molar-refractivity contribution >= 4 is 33.9 Å². The van der Waals surface area contributed by atoms with Gasteiger partial charge >= 0.3 is 5.91 Å². The summed E-state index contributed by atoms with van der Waals surface area (Å²) in [7, 11) is 4.42. The maximum absolute atomic E-state index is 13.4. The van der Waals surface area contributed by atoms with Gasteiger partial charge in [-0.3, -0.25) is 14.5 Å². The lowest BCUT2D eigenvalue weighted by molar-refractivity contribution is -0.132. The molecule has 10 nitrogen and oxygen atoms in total. The zero-order valence-corrected chi connectivity index (χ0v) is 21.7. The smallest absolute Gasteiger partial charge is 0.301 e. The van der Waals surface area contributed by atoms with E-state index in [4.69, 9.17) is 18.9 Å². The molecule has 1 amide bonds. The van der Waals surface area contributed by atoms with Crippen LogP contribution in [0.1, 0.15) is 34.7 Å². The molecule has 37 heavy (non-hydrogen) atoms. The Bertz CT molecular complexity index is 1420. The van der Waals surface area contributed by atoms with Gasteiger partial charge in [0.2, 0.25) is 10.9 Å². The standard InChI is InChI=1S/C26H25N3O7S/c1-12-8-15-9-14(6-7-17(15)36-12)22(30)20-21(16-10-18(33-3)24(35-5)19(11-16)34-4)29(25(32)23(20)31)26-28-27-13(2)37-26/h6-7,9-12,21,30H,8H2,1-5H3/b22-20+/t12-,21-/m1/s1. The molecule has 0 aliphatic carbocycles. The Morgan fingerprint density at radius 2 is 1.78 bits per heavy atom. The number of anilines is 1. The minimum absolute atomic E-state index is 0.0119. The molecule has 0 saturated carbocycles. The molecular formula is C26H25N3O7S. The molecule has 1 aromatic heterocycles. The predicted molar refractivity (Wildman–Crippen MR) is 136 cm³/mol. The Labute approximate surface area is 217 Å². The second-order valence-electron chi connectivity index (χ2n) is 8.69. The number of carbonyl (C=O) groups excluding carboxylic acids is 2. The molecule has 1 saturated heterocycles. The van der Waals surface area contributed by atoms with Gasteiger partial charge in [-0.25, -0.2) is 0 Å². The summed E-state index contributed by atoms with van der Waals surface area (Å²) < 4.78 is 22.2. The number of carbonyl (C=O) groups is 2. The van der Waals surface area contributed by atoms with E-state index in [-0.39, 0.29) is 22.6 Å². The molecule has 1 fully saturated rings. The molecule has 11 heteroatoms. The van der Waals surface area contributed by atoms with Gasteiger partial charge < -0.3 is 24.1 Å². The van der Waals surface area contributed by atoms with Gasteiger partial charge in [0.25, 0.3) is 5.78 Å². The fourth-order valence-corrected chi connectivity index (χ4v) is 5.43. The number of amides is 1. The van der Waals surface area contributed by atoms with Crippen LogP contribution in [-0.4, -0.2) is 54.4 Å². The van der Waals surface area contributed by atoms with Crippen molar-refractivity contribution in [3.63, 3.8) is 0 Å². The minimum atomic E-state index is -1.02. The number of hydrogen-bond acceptors (Lipinski definition) is 10. The Kier molecular flexibility index (Phi) is 6.24. The number of aliphatic hydroxyl groups excluding tert-OH is 1. The number of methoxy groups -OCH3 is 3. The van der Waals surface area contributed by atoms with Gasteiger partial charge in [-0.2, -0.15) is 0 Å². The van der Waals surface area contributed by atoms with Crippen molar-refractivity contribution in [3.05, 3.63) is 57.6 Å². The summed E-state index contributed by atoms with van der Waals surface area (Å²) in [4.78, 5) is 28.1. The number of aliphatic hydroxyl groups is 1. The quantitative estimate of drug-likeness (QED) is 0.292. The summed E-state index contributed by atoms with van der Waals surface area (Å²) in [5.74, 6) is -0.216. The number of Topliss-reactive ketones (excluding diaryl/α,β-unsaturated/α-hetero) is 1. The first-order chi connectivity index (χ1) is 17.8. The normalized spacial score (nSPS) is 20.1. The summed E-state index contributed by atoms with van der Waals surface area (Å²) in [5, 5.41) is 20.5. The molecule has 5 rings (SSSR count). The Balaban J connectivity index is 1.74. The first kappa shape index (κ1) is 24.6. The van der Waals surface area contributed by atoms with Crippen molar-refractivity contribution < 1.29 is 33.6 Å². The molecule has 1 N–H and O–H groups in total. The van der Waals surface area contributed by atoms with Crippen LogP contribution in [-0.2, 0) is 16.0 Å². The van der Waals surface area contributed by atoms with E-state index in [2.05, 4.69) is 10.2 Å². The number of ketones is 1. The fourth-order valence-electron chi connectivity index (χ4n) is 4.71. The van der Waals surface area contributed by atoms with E-state index in [1.807, 2.05) is 6.92 Å². The summed E-state index contributed by atoms with van der Waals surface area (Å²) in [6.45, 7) is 3.71. The summed E-state index contributed by atoms with van der Waals surface area (Å²) in [5.41, 5.74) is 1.69. The van der Waals surface area contributed by atoms with Crippen LogP contribution in [0.4, 0.5) is 5.13 Å². The van der Waals surface area contributed by atoms with Gasteiger partial charge in [0.1, 0.15) is 22.6 Å². The van der Waals surface area contributed by atoms with Crippen molar-refractivity contribution in [1.29, 1.82) is 0 Å². The van der Waals surface area contributed by atoms with Crippen molar-refractivity contribution in [2.45, 2.75) is 32.4 Å². The molecule has 3 heterocycles. The first-order valence-corrected chi connectivity index (χ1v) is 12.3. The number of aromatic nitrogens is 2. The molecular weight excluding hydrogens is 498 g/mol. The van der Waals surface area contributed by atoms with Crippen LogP contribution in [0.3, 0.4) is 0 Å². The lowest BCUT2D eigenvalue weighted by atomic mass is 9.94. The highest BCUT2D eigenvalue weighted by Gasteiger charge is 2.49. The molecule has 0 radical (unpaired) electrons. The fraction of sp³-hybridized carbons (Fsp3) is 0.308. The Morgan fingerprint density at radius 1 is 1.08 bits per heavy atom. The lowest BCUT2D eigenvalue weighted by Crippen LogP contribution is -2.29. The van der Waals surface area contributed by atoms with E-state index in [1.165, 1.54) is 37.6 Å². The number of hydrogen-bond donors (Lipinski definition) is 1. The third kappa shape index (κ3) is 4.05. The summed E-state index contributed by atoms with van der Waals surface area (Å²) in [6.07, 6.45) is 0.684. The van der Waals surface area contributed by atoms with Crippen molar-refractivity contribution in [3.8, 4) is 23.0 Å². The largest absolute Gasteiger partial charge is 0.507 e. The molecule has 192 valence electrons. The maximum atomic E-state index is 13.4. The van der Waals surface area contributed by atoms with Crippen LogP contribution in [0, 0.1) is 6.92 Å². The number of fused-ring (bicyclic) bond motifs is 1. The highest BCUT2D eigenvalue weighted by Crippen LogP contribution is 2.47. The second-order valence-corrected chi connectivity index (χ2v) is 9.85. The molecule has 2 aliphatic heterocycles. The maximum Gasteiger partial charge on any atom is 0.301 e.